The van der Waals surface area contributed by atoms with E-state index in [1.165, 1.54) is 0 Å². The van der Waals surface area contributed by atoms with Crippen LogP contribution in [0.2, 0.25) is 5.02 Å². The Bertz CT molecular complexity index is 1100. The first-order chi connectivity index (χ1) is 16.9. The molecule has 3 aliphatic heterocycles. The van der Waals surface area contributed by atoms with Crippen molar-refractivity contribution in [3.8, 4) is 5.75 Å². The Morgan fingerprint density at radius 2 is 2.06 bits per heavy atom. The SMILES string of the molecule is COc1cc2cc(c1Cl)N(C)C(=O)CCC1(C)OC1C(C)C1CC(O)(CC=CC=C(C)C2)NC(=O)O1. The van der Waals surface area contributed by atoms with Gasteiger partial charge in [0.25, 0.3) is 0 Å². The van der Waals surface area contributed by atoms with Crippen molar-refractivity contribution in [2.45, 2.75) is 76.4 Å². The monoisotopic (exact) mass is 518 g/mol. The van der Waals surface area contributed by atoms with Crippen LogP contribution in [0, 0.1) is 5.92 Å². The van der Waals surface area contributed by atoms with E-state index in [0.717, 1.165) is 11.1 Å². The molecule has 1 aromatic carbocycles. The van der Waals surface area contributed by atoms with Crippen LogP contribution < -0.4 is 15.0 Å². The van der Waals surface area contributed by atoms with Gasteiger partial charge in [-0.3, -0.25) is 10.1 Å². The molecule has 1 aromatic rings. The lowest BCUT2D eigenvalue weighted by Crippen LogP contribution is -2.57. The van der Waals surface area contributed by atoms with Crippen molar-refractivity contribution in [3.63, 3.8) is 0 Å². The summed E-state index contributed by atoms with van der Waals surface area (Å²) in [4.78, 5) is 27.0. The maximum absolute atomic E-state index is 13.2. The number of fused-ring (bicyclic) bond motifs is 5. The second kappa shape index (κ2) is 10.1. The number of carbonyl (C=O) groups excluding carboxylic acids is 2. The smallest absolute Gasteiger partial charge is 0.409 e. The maximum atomic E-state index is 13.2. The number of epoxide rings is 1. The van der Waals surface area contributed by atoms with Crippen molar-refractivity contribution in [2.75, 3.05) is 19.1 Å². The summed E-state index contributed by atoms with van der Waals surface area (Å²) in [6.45, 7) is 5.92. The van der Waals surface area contributed by atoms with E-state index in [1.807, 2.05) is 51.1 Å². The number of hydrogen-bond donors (Lipinski definition) is 2. The molecule has 0 radical (unpaired) electrons. The first kappa shape index (κ1) is 26.5. The minimum Gasteiger partial charge on any atom is -0.495 e. The second-order valence-corrected chi connectivity index (χ2v) is 10.8. The van der Waals surface area contributed by atoms with Gasteiger partial charge in [-0.2, -0.15) is 0 Å². The summed E-state index contributed by atoms with van der Waals surface area (Å²) in [6.07, 6.45) is 6.20. The van der Waals surface area contributed by atoms with Crippen LogP contribution in [0.15, 0.2) is 35.9 Å². The summed E-state index contributed by atoms with van der Waals surface area (Å²) in [7, 11) is 3.27. The van der Waals surface area contributed by atoms with Crippen LogP contribution in [0.4, 0.5) is 10.5 Å². The molecule has 0 aromatic heterocycles. The number of nitrogens with one attached hydrogen (secondary N) is 1. The normalized spacial score (nSPS) is 33.2. The third-order valence-corrected chi connectivity index (χ3v) is 7.84. The topological polar surface area (TPSA) is 101 Å². The molecular formula is C27H35ClN2O6. The number of alkyl carbamates (subject to hydrolysis) is 1. The lowest BCUT2D eigenvalue weighted by molar-refractivity contribution is -0.118. The van der Waals surface area contributed by atoms with Crippen molar-refractivity contribution in [1.29, 1.82) is 0 Å². The summed E-state index contributed by atoms with van der Waals surface area (Å²) in [5.74, 6) is 0.272. The van der Waals surface area contributed by atoms with Crippen molar-refractivity contribution in [1.82, 2.24) is 5.32 Å². The minimum absolute atomic E-state index is 0.0879. The van der Waals surface area contributed by atoms with E-state index in [0.29, 0.717) is 29.3 Å². The Balaban J connectivity index is 1.66. The zero-order chi connectivity index (χ0) is 26.3. The number of benzene rings is 1. The van der Waals surface area contributed by atoms with Crippen molar-refractivity contribution < 1.29 is 28.9 Å². The molecule has 0 aliphatic carbocycles. The molecule has 2 fully saturated rings. The number of ether oxygens (including phenoxy) is 3. The van der Waals surface area contributed by atoms with Gasteiger partial charge in [0.2, 0.25) is 5.91 Å². The van der Waals surface area contributed by atoms with Crippen molar-refractivity contribution in [2.24, 2.45) is 5.92 Å². The number of hydrogen-bond acceptors (Lipinski definition) is 6. The molecule has 3 aliphatic rings. The Hall–Kier alpha value is -2.55. The number of halogens is 1. The molecule has 3 heterocycles. The average molecular weight is 519 g/mol. The van der Waals surface area contributed by atoms with Gasteiger partial charge in [0.05, 0.1) is 24.5 Å². The van der Waals surface area contributed by atoms with E-state index in [1.54, 1.807) is 19.1 Å². The molecule has 2 amide bonds. The molecule has 0 saturated carbocycles. The molecule has 5 atom stereocenters. The number of nitrogens with zero attached hydrogens (tertiary/aromatic N) is 1. The average Bonchev–Trinajstić information content (AvgIpc) is 3.50. The van der Waals surface area contributed by atoms with Gasteiger partial charge in [-0.1, -0.05) is 42.3 Å². The quantitative estimate of drug-likeness (QED) is 0.530. The van der Waals surface area contributed by atoms with Crippen molar-refractivity contribution in [3.05, 3.63) is 46.5 Å². The molecule has 8 nitrogen and oxygen atoms in total. The highest BCUT2D eigenvalue weighted by atomic mass is 35.5. The molecule has 36 heavy (non-hydrogen) atoms. The maximum Gasteiger partial charge on any atom is 0.409 e. The fraction of sp³-hybridized carbons (Fsp3) is 0.556. The Kier molecular flexibility index (Phi) is 7.42. The molecule has 4 rings (SSSR count). The molecule has 2 N–H and O–H groups in total. The highest BCUT2D eigenvalue weighted by molar-refractivity contribution is 6.35. The number of allylic oxidation sites excluding steroid dienone is 3. The van der Waals surface area contributed by atoms with Gasteiger partial charge in [-0.05, 0) is 44.4 Å². The van der Waals surface area contributed by atoms with Crippen molar-refractivity contribution >= 4 is 29.3 Å². The first-order valence-corrected chi connectivity index (χ1v) is 12.7. The predicted molar refractivity (Wildman–Crippen MR) is 137 cm³/mol. The summed E-state index contributed by atoms with van der Waals surface area (Å²) < 4.78 is 17.0. The third kappa shape index (κ3) is 5.56. The Morgan fingerprint density at radius 3 is 2.78 bits per heavy atom. The highest BCUT2D eigenvalue weighted by Gasteiger charge is 2.58. The number of carbonyl (C=O) groups is 2. The van der Waals surface area contributed by atoms with Crippen LogP contribution in [-0.2, 0) is 20.7 Å². The first-order valence-electron chi connectivity index (χ1n) is 12.3. The van der Waals surface area contributed by atoms with Crippen LogP contribution >= 0.6 is 11.6 Å². The summed E-state index contributed by atoms with van der Waals surface area (Å²) in [6, 6.07) is 3.79. The van der Waals surface area contributed by atoms with Gasteiger partial charge in [-0.25, -0.2) is 4.79 Å². The molecular weight excluding hydrogens is 484 g/mol. The fourth-order valence-corrected chi connectivity index (χ4v) is 5.51. The summed E-state index contributed by atoms with van der Waals surface area (Å²) >= 11 is 6.59. The van der Waals surface area contributed by atoms with Gasteiger partial charge in [0.15, 0.2) is 0 Å². The number of anilines is 1. The van der Waals surface area contributed by atoms with Gasteiger partial charge in [0.1, 0.15) is 22.6 Å². The van der Waals surface area contributed by atoms with Gasteiger partial charge in [-0.15, -0.1) is 0 Å². The van der Waals surface area contributed by atoms with E-state index < -0.39 is 23.5 Å². The summed E-state index contributed by atoms with van der Waals surface area (Å²) in [5, 5.41) is 14.0. The number of amides is 2. The zero-order valence-electron chi connectivity index (χ0n) is 21.5. The molecule has 0 spiro atoms. The van der Waals surface area contributed by atoms with E-state index in [2.05, 4.69) is 5.32 Å². The van der Waals surface area contributed by atoms with E-state index in [9.17, 15) is 14.7 Å². The Morgan fingerprint density at radius 1 is 1.31 bits per heavy atom. The van der Waals surface area contributed by atoms with Crippen LogP contribution in [0.1, 0.15) is 52.0 Å². The molecule has 196 valence electrons. The van der Waals surface area contributed by atoms with Gasteiger partial charge in [0, 0.05) is 32.2 Å². The van der Waals surface area contributed by atoms with E-state index in [4.69, 9.17) is 25.8 Å². The molecule has 5 unspecified atom stereocenters. The number of methoxy groups -OCH3 is 1. The van der Waals surface area contributed by atoms with Crippen LogP contribution in [0.3, 0.4) is 0 Å². The van der Waals surface area contributed by atoms with Crippen LogP contribution in [-0.4, -0.2) is 54.8 Å². The third-order valence-electron chi connectivity index (χ3n) is 7.46. The van der Waals surface area contributed by atoms with Gasteiger partial charge < -0.3 is 24.2 Å². The highest BCUT2D eigenvalue weighted by Crippen LogP contribution is 2.47. The lowest BCUT2D eigenvalue weighted by Gasteiger charge is -2.38. The fourth-order valence-electron chi connectivity index (χ4n) is 5.19. The number of aliphatic hydroxyl groups is 1. The minimum atomic E-state index is -1.40. The molecule has 4 bridgehead atoms. The van der Waals surface area contributed by atoms with Crippen LogP contribution in [0.5, 0.6) is 5.75 Å². The number of rotatable bonds is 1. The van der Waals surface area contributed by atoms with Gasteiger partial charge >= 0.3 is 6.09 Å². The predicted octanol–water partition coefficient (Wildman–Crippen LogP) is 4.52. The largest absolute Gasteiger partial charge is 0.495 e. The standard InChI is InChI=1S/C27H35ClN2O6/c1-16-8-6-7-10-27(33)15-21(35-25(32)29-27)17(2)24-26(3,36-24)11-9-22(31)30(4)19-13-18(12-16)14-20(34-5)23(19)28/h6-8,13-14,17,21,24,33H,9-12,15H2,1-5H3,(H,29,32). The van der Waals surface area contributed by atoms with E-state index in [-0.39, 0.29) is 37.2 Å². The molecule has 9 heteroatoms. The zero-order valence-corrected chi connectivity index (χ0v) is 22.2. The summed E-state index contributed by atoms with van der Waals surface area (Å²) in [5.41, 5.74) is 0.692. The van der Waals surface area contributed by atoms with E-state index >= 15 is 0 Å². The Labute approximate surface area is 217 Å². The second-order valence-electron chi connectivity index (χ2n) is 10.4. The molecule has 2 saturated heterocycles. The van der Waals surface area contributed by atoms with Crippen LogP contribution in [0.25, 0.3) is 0 Å². The lowest BCUT2D eigenvalue weighted by atomic mass is 9.85.